The Morgan fingerprint density at radius 2 is 0.912 bits per heavy atom. The van der Waals surface area contributed by atoms with E-state index in [0.29, 0.717) is 0 Å². The van der Waals surface area contributed by atoms with Crippen LogP contribution in [0.2, 0.25) is 0 Å². The molecular weight excluding hydrogens is 444 g/mol. The Bertz CT molecular complexity index is 1400. The number of hydrogen-bond acceptors (Lipinski definition) is 8. The summed E-state index contributed by atoms with van der Waals surface area (Å²) >= 11 is 0. The van der Waals surface area contributed by atoms with Crippen LogP contribution in [0.25, 0.3) is 0 Å². The van der Waals surface area contributed by atoms with Crippen LogP contribution >= 0.6 is 0 Å². The van der Waals surface area contributed by atoms with E-state index in [1.165, 1.54) is 36.4 Å². The van der Waals surface area contributed by atoms with Crippen molar-refractivity contribution in [2.75, 3.05) is 9.80 Å². The molecule has 10 heteroatoms. The second-order valence-electron chi connectivity index (χ2n) is 7.51. The molecule has 3 aromatic carbocycles. The highest BCUT2D eigenvalue weighted by atomic mass is 16.4. The zero-order valence-corrected chi connectivity index (χ0v) is 16.9. The lowest BCUT2D eigenvalue weighted by Gasteiger charge is -2.18. The summed E-state index contributed by atoms with van der Waals surface area (Å²) in [5.74, 6) is -5.97. The highest BCUT2D eigenvalue weighted by Gasteiger charge is 2.39. The average molecular weight is 454 g/mol. The summed E-state index contributed by atoms with van der Waals surface area (Å²) in [6.45, 7) is 0. The van der Waals surface area contributed by atoms with Crippen LogP contribution in [0.5, 0.6) is 0 Å². The van der Waals surface area contributed by atoms with Crippen molar-refractivity contribution < 1.29 is 39.0 Å². The van der Waals surface area contributed by atoms with Gasteiger partial charge in [-0.25, -0.2) is 9.80 Å². The lowest BCUT2D eigenvalue weighted by molar-refractivity contribution is -0.256. The highest BCUT2D eigenvalue weighted by Crippen LogP contribution is 2.34. The Morgan fingerprint density at radius 1 is 0.529 bits per heavy atom. The Balaban J connectivity index is 1.52. The molecule has 2 aliphatic heterocycles. The van der Waals surface area contributed by atoms with E-state index >= 15 is 0 Å². The van der Waals surface area contributed by atoms with Gasteiger partial charge in [0.2, 0.25) is 0 Å². The maximum Gasteiger partial charge on any atom is 0.266 e. The Labute approximate surface area is 190 Å². The van der Waals surface area contributed by atoms with Gasteiger partial charge < -0.3 is 19.8 Å². The fourth-order valence-corrected chi connectivity index (χ4v) is 3.98. The summed E-state index contributed by atoms with van der Waals surface area (Å²) in [7, 11) is 0. The number of anilines is 2. The number of carboxylic acids is 2. The quantitative estimate of drug-likeness (QED) is 0.500. The Hall–Kier alpha value is -5.12. The minimum Gasteiger partial charge on any atom is -0.545 e. The van der Waals surface area contributed by atoms with Crippen molar-refractivity contribution in [3.05, 3.63) is 94.0 Å². The molecule has 2 aliphatic rings. The molecule has 3 aromatic rings. The maximum absolute atomic E-state index is 12.9. The average Bonchev–Trinajstić information content (AvgIpc) is 3.22. The monoisotopic (exact) mass is 454 g/mol. The van der Waals surface area contributed by atoms with E-state index in [-0.39, 0.29) is 44.8 Å². The molecule has 0 aliphatic carbocycles. The van der Waals surface area contributed by atoms with Gasteiger partial charge in [0.15, 0.2) is 0 Å². The first kappa shape index (κ1) is 20.8. The molecule has 4 amide bonds. The van der Waals surface area contributed by atoms with Crippen molar-refractivity contribution in [3.8, 4) is 0 Å². The SMILES string of the molecule is O=C([O-])c1ccc2c(c1)C(=O)N(c1cccc(N3C(=O)c4ccc(C(=O)[O-])cc4C3=O)c1)C2=O. The number of carbonyl (C=O) groups excluding carboxylic acids is 6. The molecule has 0 bridgehead atoms. The van der Waals surface area contributed by atoms with Crippen LogP contribution in [0.15, 0.2) is 60.7 Å². The van der Waals surface area contributed by atoms with E-state index in [4.69, 9.17) is 0 Å². The number of nitrogens with zero attached hydrogens (tertiary/aromatic N) is 2. The van der Waals surface area contributed by atoms with E-state index in [9.17, 15) is 39.0 Å². The summed E-state index contributed by atoms with van der Waals surface area (Å²) in [4.78, 5) is 75.4. The van der Waals surface area contributed by atoms with Gasteiger partial charge in [-0.1, -0.05) is 18.2 Å². The number of hydrogen-bond donors (Lipinski definition) is 0. The molecule has 2 heterocycles. The van der Waals surface area contributed by atoms with Gasteiger partial charge in [-0.15, -0.1) is 0 Å². The molecule has 0 unspecified atom stereocenters. The first-order valence-corrected chi connectivity index (χ1v) is 9.77. The van der Waals surface area contributed by atoms with Crippen molar-refractivity contribution in [1.82, 2.24) is 0 Å². The molecule has 5 rings (SSSR count). The van der Waals surface area contributed by atoms with Crippen molar-refractivity contribution in [3.63, 3.8) is 0 Å². The number of amides is 4. The molecular formula is C24H10N2O8-2. The largest absolute Gasteiger partial charge is 0.545 e. The van der Waals surface area contributed by atoms with Gasteiger partial charge in [-0.3, -0.25) is 19.2 Å². The van der Waals surface area contributed by atoms with Gasteiger partial charge in [0.05, 0.1) is 45.6 Å². The summed E-state index contributed by atoms with van der Waals surface area (Å²) in [5, 5.41) is 22.2. The summed E-state index contributed by atoms with van der Waals surface area (Å²) in [6.07, 6.45) is 0. The van der Waals surface area contributed by atoms with Crippen molar-refractivity contribution in [1.29, 1.82) is 0 Å². The third-order valence-corrected chi connectivity index (χ3v) is 5.59. The Kier molecular flexibility index (Phi) is 4.40. The van der Waals surface area contributed by atoms with Crippen LogP contribution < -0.4 is 20.0 Å². The molecule has 0 N–H and O–H groups in total. The zero-order chi connectivity index (χ0) is 24.3. The van der Waals surface area contributed by atoms with E-state index in [1.54, 1.807) is 0 Å². The predicted molar refractivity (Wildman–Crippen MR) is 110 cm³/mol. The molecule has 0 spiro atoms. The number of rotatable bonds is 4. The Morgan fingerprint density at radius 3 is 1.29 bits per heavy atom. The van der Waals surface area contributed by atoms with Gasteiger partial charge in [-0.05, 0) is 53.6 Å². The molecule has 0 saturated heterocycles. The number of carbonyl (C=O) groups is 6. The van der Waals surface area contributed by atoms with Crippen molar-refractivity contribution in [2.45, 2.75) is 0 Å². The molecule has 166 valence electrons. The number of fused-ring (bicyclic) bond motifs is 2. The fourth-order valence-electron chi connectivity index (χ4n) is 3.98. The first-order chi connectivity index (χ1) is 16.2. The fraction of sp³-hybridized carbons (Fsp3) is 0. The topological polar surface area (TPSA) is 155 Å². The van der Waals surface area contributed by atoms with Gasteiger partial charge >= 0.3 is 0 Å². The molecule has 0 radical (unpaired) electrons. The molecule has 10 nitrogen and oxygen atoms in total. The molecule has 0 saturated carbocycles. The summed E-state index contributed by atoms with van der Waals surface area (Å²) < 4.78 is 0. The summed E-state index contributed by atoms with van der Waals surface area (Å²) in [6, 6.07) is 12.4. The molecule has 0 fully saturated rings. The van der Waals surface area contributed by atoms with E-state index in [1.807, 2.05) is 0 Å². The summed E-state index contributed by atoms with van der Waals surface area (Å²) in [5.41, 5.74) is -0.682. The van der Waals surface area contributed by atoms with Gasteiger partial charge in [0, 0.05) is 0 Å². The third kappa shape index (κ3) is 2.89. The van der Waals surface area contributed by atoms with Gasteiger partial charge in [-0.2, -0.15) is 0 Å². The molecule has 34 heavy (non-hydrogen) atoms. The van der Waals surface area contributed by atoms with Crippen LogP contribution in [0, 0.1) is 0 Å². The number of carboxylic acid groups (broad SMARTS) is 2. The lowest BCUT2D eigenvalue weighted by Crippen LogP contribution is -2.31. The second kappa shape index (κ2) is 7.20. The van der Waals surface area contributed by atoms with Crippen LogP contribution in [0.3, 0.4) is 0 Å². The minimum atomic E-state index is -1.50. The normalized spacial score (nSPS) is 14.5. The van der Waals surface area contributed by atoms with E-state index < -0.39 is 35.6 Å². The molecule has 0 atom stereocenters. The van der Waals surface area contributed by atoms with Crippen LogP contribution in [0.4, 0.5) is 11.4 Å². The third-order valence-electron chi connectivity index (χ3n) is 5.59. The van der Waals surface area contributed by atoms with E-state index in [0.717, 1.165) is 34.1 Å². The number of aromatic carboxylic acids is 2. The number of imide groups is 2. The standard InChI is InChI=1S/C24H12N2O8/c27-19-15-6-4-11(23(31)32)8-17(15)21(29)25(19)13-2-1-3-14(10-13)26-20(28)16-7-5-12(24(33)34)9-18(16)22(26)30/h1-10H,(H,31,32)(H,33,34)/p-2. The lowest BCUT2D eigenvalue weighted by atomic mass is 10.1. The highest BCUT2D eigenvalue weighted by molar-refractivity contribution is 6.36. The van der Waals surface area contributed by atoms with Crippen LogP contribution in [-0.4, -0.2) is 35.6 Å². The van der Waals surface area contributed by atoms with Crippen LogP contribution in [-0.2, 0) is 0 Å². The second-order valence-corrected chi connectivity index (χ2v) is 7.51. The zero-order valence-electron chi connectivity index (χ0n) is 16.9. The first-order valence-electron chi connectivity index (χ1n) is 9.77. The van der Waals surface area contributed by atoms with Crippen LogP contribution in [0.1, 0.15) is 62.1 Å². The maximum atomic E-state index is 12.9. The smallest absolute Gasteiger partial charge is 0.266 e. The van der Waals surface area contributed by atoms with Crippen molar-refractivity contribution >= 4 is 46.9 Å². The number of benzene rings is 3. The molecule has 0 aromatic heterocycles. The predicted octanol–water partition coefficient (Wildman–Crippen LogP) is 0.0148. The van der Waals surface area contributed by atoms with Crippen molar-refractivity contribution in [2.24, 2.45) is 0 Å². The van der Waals surface area contributed by atoms with Gasteiger partial charge in [0.25, 0.3) is 23.6 Å². The van der Waals surface area contributed by atoms with Gasteiger partial charge in [0.1, 0.15) is 0 Å². The van der Waals surface area contributed by atoms with E-state index in [2.05, 4.69) is 0 Å². The minimum absolute atomic E-state index is 0.00376.